The van der Waals surface area contributed by atoms with Crippen LogP contribution in [0.15, 0.2) is 60.0 Å². The molecule has 2 aliphatic heterocycles. The molecule has 1 aromatic carbocycles. The van der Waals surface area contributed by atoms with Crippen LogP contribution in [0.3, 0.4) is 0 Å². The summed E-state index contributed by atoms with van der Waals surface area (Å²) in [6.45, 7) is 1.59. The Labute approximate surface area is 176 Å². The Hall–Kier alpha value is -3.22. The van der Waals surface area contributed by atoms with Crippen molar-refractivity contribution in [1.29, 1.82) is 0 Å². The fourth-order valence-electron chi connectivity index (χ4n) is 4.01. The zero-order chi connectivity index (χ0) is 20.8. The summed E-state index contributed by atoms with van der Waals surface area (Å²) in [4.78, 5) is 36.9. The van der Waals surface area contributed by atoms with Gasteiger partial charge >= 0.3 is 0 Å². The molecule has 0 unspecified atom stereocenters. The zero-order valence-electron chi connectivity index (χ0n) is 16.9. The van der Waals surface area contributed by atoms with Gasteiger partial charge in [0.25, 0.3) is 5.91 Å². The van der Waals surface area contributed by atoms with Crippen LogP contribution in [0.1, 0.15) is 36.8 Å². The van der Waals surface area contributed by atoms with Gasteiger partial charge in [0.1, 0.15) is 5.71 Å². The van der Waals surface area contributed by atoms with Crippen molar-refractivity contribution < 1.29 is 14.4 Å². The molecule has 156 valence electrons. The fraction of sp³-hybridized carbons (Fsp3) is 0.391. The second-order valence-electron chi connectivity index (χ2n) is 7.94. The van der Waals surface area contributed by atoms with Crippen LogP contribution < -0.4 is 5.32 Å². The number of nitrogens with zero attached hydrogens (tertiary/aromatic N) is 3. The van der Waals surface area contributed by atoms with E-state index in [1.54, 1.807) is 12.4 Å². The van der Waals surface area contributed by atoms with Crippen LogP contribution in [0, 0.1) is 0 Å². The van der Waals surface area contributed by atoms with Gasteiger partial charge in [-0.2, -0.15) is 0 Å². The van der Waals surface area contributed by atoms with Crippen molar-refractivity contribution in [2.24, 2.45) is 5.16 Å². The number of piperidine rings is 1. The maximum absolute atomic E-state index is 12.7. The van der Waals surface area contributed by atoms with Crippen LogP contribution in [0.25, 0.3) is 0 Å². The summed E-state index contributed by atoms with van der Waals surface area (Å²) >= 11 is 0. The van der Waals surface area contributed by atoms with Gasteiger partial charge in [-0.3, -0.25) is 14.6 Å². The van der Waals surface area contributed by atoms with Crippen molar-refractivity contribution in [2.75, 3.05) is 13.1 Å². The monoisotopic (exact) mass is 406 g/mol. The van der Waals surface area contributed by atoms with Gasteiger partial charge < -0.3 is 15.1 Å². The van der Waals surface area contributed by atoms with E-state index in [0.717, 1.165) is 36.9 Å². The normalized spacial score (nSPS) is 20.5. The van der Waals surface area contributed by atoms with Crippen LogP contribution in [0.4, 0.5) is 0 Å². The lowest BCUT2D eigenvalue weighted by atomic mass is 9.87. The van der Waals surface area contributed by atoms with Crippen LogP contribution in [0.2, 0.25) is 0 Å². The Bertz CT molecular complexity index is 917. The van der Waals surface area contributed by atoms with Gasteiger partial charge in [-0.25, -0.2) is 0 Å². The highest BCUT2D eigenvalue weighted by Gasteiger charge is 2.45. The molecule has 2 amide bonds. The standard InChI is InChI=1S/C23H26N4O3/c28-21(10-9-18-6-2-1-3-7-18)27-13-5-11-23(17-27)14-20(26-30-23)22(29)25-16-19-8-4-12-24-15-19/h1-4,6-8,12,15H,5,9-11,13-14,16-17H2,(H,25,29)/t23-/m0/s1. The summed E-state index contributed by atoms with van der Waals surface area (Å²) in [6, 6.07) is 13.8. The van der Waals surface area contributed by atoms with Gasteiger partial charge in [0.15, 0.2) is 5.60 Å². The second kappa shape index (κ2) is 9.07. The van der Waals surface area contributed by atoms with E-state index >= 15 is 0 Å². The molecule has 0 bridgehead atoms. The summed E-state index contributed by atoms with van der Waals surface area (Å²) in [6.07, 6.45) is 6.67. The number of hydrogen-bond donors (Lipinski definition) is 1. The SMILES string of the molecule is O=C(NCc1cccnc1)C1=NO[C@@]2(CCCN(C(=O)CCc3ccccc3)C2)C1. The Morgan fingerprint density at radius 2 is 1.97 bits per heavy atom. The molecule has 1 N–H and O–H groups in total. The number of nitrogens with one attached hydrogen (secondary N) is 1. The lowest BCUT2D eigenvalue weighted by Crippen LogP contribution is -2.51. The van der Waals surface area contributed by atoms with Crippen LogP contribution >= 0.6 is 0 Å². The first-order chi connectivity index (χ1) is 14.6. The highest BCUT2D eigenvalue weighted by atomic mass is 16.7. The van der Waals surface area contributed by atoms with Crippen molar-refractivity contribution in [2.45, 2.75) is 44.2 Å². The number of aromatic nitrogens is 1. The molecule has 3 heterocycles. The first kappa shape index (κ1) is 20.1. The second-order valence-corrected chi connectivity index (χ2v) is 7.94. The third-order valence-corrected chi connectivity index (χ3v) is 5.64. The summed E-state index contributed by atoms with van der Waals surface area (Å²) in [7, 11) is 0. The average Bonchev–Trinajstić information content (AvgIpc) is 3.20. The van der Waals surface area contributed by atoms with Gasteiger partial charge in [-0.15, -0.1) is 0 Å². The van der Waals surface area contributed by atoms with E-state index in [4.69, 9.17) is 4.84 Å². The topological polar surface area (TPSA) is 83.9 Å². The molecular weight excluding hydrogens is 380 g/mol. The van der Waals surface area contributed by atoms with Crippen molar-refractivity contribution in [3.8, 4) is 0 Å². The fourth-order valence-corrected chi connectivity index (χ4v) is 4.01. The Kier molecular flexibility index (Phi) is 6.07. The summed E-state index contributed by atoms with van der Waals surface area (Å²) in [5.74, 6) is -0.112. The van der Waals surface area contributed by atoms with E-state index in [1.165, 1.54) is 0 Å². The van der Waals surface area contributed by atoms with Gasteiger partial charge in [-0.1, -0.05) is 41.6 Å². The van der Waals surface area contributed by atoms with E-state index in [9.17, 15) is 9.59 Å². The molecule has 1 spiro atoms. The molecule has 1 aromatic heterocycles. The van der Waals surface area contributed by atoms with Crippen molar-refractivity contribution >= 4 is 17.5 Å². The summed E-state index contributed by atoms with van der Waals surface area (Å²) in [5.41, 5.74) is 1.89. The molecule has 0 saturated carbocycles. The minimum absolute atomic E-state index is 0.121. The number of likely N-dealkylation sites (tertiary alicyclic amines) is 1. The molecule has 2 aliphatic rings. The number of rotatable bonds is 6. The highest BCUT2D eigenvalue weighted by molar-refractivity contribution is 6.39. The summed E-state index contributed by atoms with van der Waals surface area (Å²) < 4.78 is 0. The lowest BCUT2D eigenvalue weighted by Gasteiger charge is -2.38. The molecular formula is C23H26N4O3. The van der Waals surface area contributed by atoms with E-state index in [-0.39, 0.29) is 11.8 Å². The van der Waals surface area contributed by atoms with E-state index in [1.807, 2.05) is 47.4 Å². The Morgan fingerprint density at radius 3 is 2.77 bits per heavy atom. The molecule has 1 atom stereocenters. The number of oxime groups is 1. The molecule has 7 nitrogen and oxygen atoms in total. The maximum atomic E-state index is 12.7. The number of carbonyl (C=O) groups excluding carboxylic acids is 2. The first-order valence-corrected chi connectivity index (χ1v) is 10.4. The van der Waals surface area contributed by atoms with Gasteiger partial charge in [0, 0.05) is 38.3 Å². The quantitative estimate of drug-likeness (QED) is 0.799. The van der Waals surface area contributed by atoms with E-state index in [0.29, 0.717) is 31.6 Å². The van der Waals surface area contributed by atoms with Gasteiger partial charge in [-0.05, 0) is 36.5 Å². The van der Waals surface area contributed by atoms with Crippen LogP contribution in [-0.4, -0.2) is 46.1 Å². The van der Waals surface area contributed by atoms with Crippen molar-refractivity contribution in [1.82, 2.24) is 15.2 Å². The number of hydrogen-bond acceptors (Lipinski definition) is 5. The maximum Gasteiger partial charge on any atom is 0.269 e. The third-order valence-electron chi connectivity index (χ3n) is 5.64. The van der Waals surface area contributed by atoms with E-state index < -0.39 is 5.60 Å². The molecule has 30 heavy (non-hydrogen) atoms. The predicted molar refractivity (Wildman–Crippen MR) is 113 cm³/mol. The first-order valence-electron chi connectivity index (χ1n) is 10.4. The van der Waals surface area contributed by atoms with Crippen LogP contribution in [-0.2, 0) is 27.4 Å². The number of pyridine rings is 1. The Morgan fingerprint density at radius 1 is 1.13 bits per heavy atom. The molecule has 1 fully saturated rings. The third kappa shape index (κ3) is 4.84. The number of aryl methyl sites for hydroxylation is 1. The lowest BCUT2D eigenvalue weighted by molar-refractivity contribution is -0.140. The van der Waals surface area contributed by atoms with Crippen molar-refractivity contribution in [3.05, 3.63) is 66.0 Å². The minimum atomic E-state index is -0.582. The molecule has 2 aromatic rings. The van der Waals surface area contributed by atoms with Crippen molar-refractivity contribution in [3.63, 3.8) is 0 Å². The predicted octanol–water partition coefficient (Wildman–Crippen LogP) is 2.47. The van der Waals surface area contributed by atoms with E-state index in [2.05, 4.69) is 15.5 Å². The molecule has 1 saturated heterocycles. The highest BCUT2D eigenvalue weighted by Crippen LogP contribution is 2.33. The number of carbonyl (C=O) groups is 2. The number of amides is 2. The Balaban J connectivity index is 1.28. The average molecular weight is 406 g/mol. The number of benzene rings is 1. The molecule has 4 rings (SSSR count). The zero-order valence-corrected chi connectivity index (χ0v) is 16.9. The van der Waals surface area contributed by atoms with Gasteiger partial charge in [0.05, 0.1) is 6.54 Å². The summed E-state index contributed by atoms with van der Waals surface area (Å²) in [5, 5.41) is 6.93. The van der Waals surface area contributed by atoms with Crippen LogP contribution in [0.5, 0.6) is 0 Å². The minimum Gasteiger partial charge on any atom is -0.386 e. The molecule has 0 aliphatic carbocycles. The van der Waals surface area contributed by atoms with Gasteiger partial charge in [0.2, 0.25) is 5.91 Å². The molecule has 0 radical (unpaired) electrons. The smallest absolute Gasteiger partial charge is 0.269 e. The molecule has 7 heteroatoms. The largest absolute Gasteiger partial charge is 0.386 e.